The number of halogens is 3. The summed E-state index contributed by atoms with van der Waals surface area (Å²) >= 11 is 6.09. The first-order valence-electron chi connectivity index (χ1n) is 5.41. The molecule has 17 heavy (non-hydrogen) atoms. The summed E-state index contributed by atoms with van der Waals surface area (Å²) in [6, 6.07) is 5.25. The molecule has 0 N–H and O–H groups in total. The van der Waals surface area contributed by atoms with Gasteiger partial charge in [0, 0.05) is 31.5 Å². The van der Waals surface area contributed by atoms with Gasteiger partial charge in [-0.2, -0.15) is 0 Å². The van der Waals surface area contributed by atoms with Gasteiger partial charge in [0.2, 0.25) is 0 Å². The second-order valence-electron chi connectivity index (χ2n) is 4.15. The fourth-order valence-electron chi connectivity index (χ4n) is 1.93. The van der Waals surface area contributed by atoms with Crippen molar-refractivity contribution in [1.29, 1.82) is 0 Å². The molecule has 0 amide bonds. The molecule has 0 spiro atoms. The Hall–Kier alpha value is -1.27. The lowest BCUT2D eigenvalue weighted by Gasteiger charge is -2.33. The molecule has 0 atom stereocenters. The Kier molecular flexibility index (Phi) is 3.26. The Morgan fingerprint density at radius 3 is 2.47 bits per heavy atom. The zero-order valence-corrected chi connectivity index (χ0v) is 9.97. The van der Waals surface area contributed by atoms with Gasteiger partial charge in [-0.05, 0) is 18.2 Å². The van der Waals surface area contributed by atoms with E-state index in [4.69, 9.17) is 18.0 Å². The van der Waals surface area contributed by atoms with Crippen molar-refractivity contribution in [1.82, 2.24) is 0 Å². The second kappa shape index (κ2) is 4.54. The number of nitrogens with zero attached hydrogens (tertiary/aromatic N) is 1. The number of benzene rings is 1. The Bertz CT molecular complexity index is 455. The van der Waals surface area contributed by atoms with Crippen LogP contribution in [0.25, 0.3) is 0 Å². The molecular weight excluding hydrogens is 244 g/mol. The Labute approximate surface area is 104 Å². The highest BCUT2D eigenvalue weighted by molar-refractivity contribution is 6.33. The van der Waals surface area contributed by atoms with Crippen LogP contribution in [-0.4, -0.2) is 19.0 Å². The van der Waals surface area contributed by atoms with E-state index < -0.39 is 5.92 Å². The monoisotopic (exact) mass is 255 g/mol. The molecule has 0 bridgehead atoms. The number of hydrogen-bond donors (Lipinski definition) is 0. The summed E-state index contributed by atoms with van der Waals surface area (Å²) in [5, 5.41) is 0.519. The van der Waals surface area contributed by atoms with Gasteiger partial charge in [-0.25, -0.2) is 8.78 Å². The summed E-state index contributed by atoms with van der Waals surface area (Å²) in [4.78, 5) is 1.88. The largest absolute Gasteiger partial charge is 0.370 e. The molecule has 0 aromatic heterocycles. The summed E-state index contributed by atoms with van der Waals surface area (Å²) in [5.74, 6) is -0.0519. The van der Waals surface area contributed by atoms with E-state index in [9.17, 15) is 8.78 Å². The lowest BCUT2D eigenvalue weighted by Crippen LogP contribution is -2.39. The van der Waals surface area contributed by atoms with Crippen LogP contribution in [0.5, 0.6) is 0 Å². The molecule has 1 aliphatic rings. The molecule has 1 aliphatic heterocycles. The average Bonchev–Trinajstić information content (AvgIpc) is 2.29. The summed E-state index contributed by atoms with van der Waals surface area (Å²) in [7, 11) is 0. The van der Waals surface area contributed by atoms with Crippen molar-refractivity contribution in [2.75, 3.05) is 18.0 Å². The van der Waals surface area contributed by atoms with Crippen molar-refractivity contribution in [3.63, 3.8) is 0 Å². The van der Waals surface area contributed by atoms with Gasteiger partial charge in [0.25, 0.3) is 5.92 Å². The maximum absolute atomic E-state index is 13.0. The summed E-state index contributed by atoms with van der Waals surface area (Å²) in [5.41, 5.74) is 1.47. The molecule has 0 saturated carbocycles. The van der Waals surface area contributed by atoms with Crippen molar-refractivity contribution in [2.24, 2.45) is 0 Å². The first-order valence-corrected chi connectivity index (χ1v) is 5.78. The molecule has 4 heteroatoms. The average molecular weight is 256 g/mol. The van der Waals surface area contributed by atoms with E-state index in [-0.39, 0.29) is 12.8 Å². The standard InChI is InChI=1S/C13H12ClF2N/c1-2-10-3-4-12(11(14)9-10)17-7-5-13(15,16)6-8-17/h1,3-4,9H,5-8H2. The van der Waals surface area contributed by atoms with Crippen LogP contribution < -0.4 is 4.90 Å². The van der Waals surface area contributed by atoms with Crippen LogP contribution in [-0.2, 0) is 0 Å². The third-order valence-electron chi connectivity index (χ3n) is 2.95. The van der Waals surface area contributed by atoms with Gasteiger partial charge < -0.3 is 4.90 Å². The maximum Gasteiger partial charge on any atom is 0.251 e. The highest BCUT2D eigenvalue weighted by atomic mass is 35.5. The molecule has 1 nitrogen and oxygen atoms in total. The SMILES string of the molecule is C#Cc1ccc(N2CCC(F)(F)CC2)c(Cl)c1. The van der Waals surface area contributed by atoms with Crippen LogP contribution in [0.15, 0.2) is 18.2 Å². The van der Waals surface area contributed by atoms with E-state index in [1.807, 2.05) is 4.90 Å². The van der Waals surface area contributed by atoms with Gasteiger partial charge in [0.05, 0.1) is 10.7 Å². The highest BCUT2D eigenvalue weighted by Crippen LogP contribution is 2.33. The van der Waals surface area contributed by atoms with Crippen molar-refractivity contribution in [3.05, 3.63) is 28.8 Å². The predicted molar refractivity (Wildman–Crippen MR) is 65.8 cm³/mol. The Morgan fingerprint density at radius 2 is 1.94 bits per heavy atom. The highest BCUT2D eigenvalue weighted by Gasteiger charge is 2.34. The fraction of sp³-hybridized carbons (Fsp3) is 0.385. The summed E-state index contributed by atoms with van der Waals surface area (Å²) < 4.78 is 26.1. The van der Waals surface area contributed by atoms with Gasteiger partial charge >= 0.3 is 0 Å². The Morgan fingerprint density at radius 1 is 1.29 bits per heavy atom. The number of piperidine rings is 1. The van der Waals surface area contributed by atoms with E-state index in [0.29, 0.717) is 23.7 Å². The summed E-state index contributed by atoms with van der Waals surface area (Å²) in [6.45, 7) is 0.643. The van der Waals surface area contributed by atoms with E-state index in [1.54, 1.807) is 18.2 Å². The van der Waals surface area contributed by atoms with Gasteiger partial charge in [-0.3, -0.25) is 0 Å². The minimum absolute atomic E-state index is 0.125. The first kappa shape index (κ1) is 12.2. The summed E-state index contributed by atoms with van der Waals surface area (Å²) in [6.07, 6.45) is 5.01. The lowest BCUT2D eigenvalue weighted by molar-refractivity contribution is -0.0220. The molecule has 1 aromatic rings. The minimum atomic E-state index is -2.54. The molecule has 0 aliphatic carbocycles. The molecule has 1 saturated heterocycles. The van der Waals surface area contributed by atoms with E-state index >= 15 is 0 Å². The number of alkyl halides is 2. The van der Waals surface area contributed by atoms with Crippen LogP contribution in [0.1, 0.15) is 18.4 Å². The van der Waals surface area contributed by atoms with Crippen LogP contribution in [0.2, 0.25) is 5.02 Å². The predicted octanol–water partition coefficient (Wildman–Crippen LogP) is 3.56. The first-order chi connectivity index (χ1) is 8.02. The molecule has 90 valence electrons. The number of anilines is 1. The van der Waals surface area contributed by atoms with E-state index in [1.165, 1.54) is 0 Å². The smallest absolute Gasteiger partial charge is 0.251 e. The van der Waals surface area contributed by atoms with Crippen molar-refractivity contribution in [2.45, 2.75) is 18.8 Å². The van der Waals surface area contributed by atoms with Gasteiger partial charge in [0.1, 0.15) is 0 Å². The van der Waals surface area contributed by atoms with E-state index in [0.717, 1.165) is 5.69 Å². The molecule has 2 rings (SSSR count). The van der Waals surface area contributed by atoms with Crippen LogP contribution in [0.3, 0.4) is 0 Å². The fourth-order valence-corrected chi connectivity index (χ4v) is 2.23. The molecular formula is C13H12ClF2N. The van der Waals surface area contributed by atoms with E-state index in [2.05, 4.69) is 5.92 Å². The topological polar surface area (TPSA) is 3.24 Å². The van der Waals surface area contributed by atoms with Crippen LogP contribution in [0, 0.1) is 12.3 Å². The van der Waals surface area contributed by atoms with Gasteiger partial charge in [-0.1, -0.05) is 17.5 Å². The molecule has 0 unspecified atom stereocenters. The zero-order chi connectivity index (χ0) is 12.5. The number of hydrogen-bond acceptors (Lipinski definition) is 1. The van der Waals surface area contributed by atoms with Crippen molar-refractivity contribution >= 4 is 17.3 Å². The molecule has 0 radical (unpaired) electrons. The molecule has 1 heterocycles. The lowest BCUT2D eigenvalue weighted by atomic mass is 10.1. The third kappa shape index (κ3) is 2.70. The zero-order valence-electron chi connectivity index (χ0n) is 9.22. The Balaban J connectivity index is 2.17. The molecule has 1 aromatic carbocycles. The number of terminal acetylenes is 1. The maximum atomic E-state index is 13.0. The van der Waals surface area contributed by atoms with Crippen LogP contribution in [0.4, 0.5) is 14.5 Å². The second-order valence-corrected chi connectivity index (χ2v) is 4.56. The third-order valence-corrected chi connectivity index (χ3v) is 3.25. The van der Waals surface area contributed by atoms with Crippen molar-refractivity contribution in [3.8, 4) is 12.3 Å². The minimum Gasteiger partial charge on any atom is -0.370 e. The quantitative estimate of drug-likeness (QED) is 0.694. The van der Waals surface area contributed by atoms with Crippen molar-refractivity contribution < 1.29 is 8.78 Å². The molecule has 1 fully saturated rings. The normalized spacial score (nSPS) is 18.8. The van der Waals surface area contributed by atoms with Gasteiger partial charge in [0.15, 0.2) is 0 Å². The van der Waals surface area contributed by atoms with Crippen LogP contribution >= 0.6 is 11.6 Å². The number of rotatable bonds is 1. The van der Waals surface area contributed by atoms with Gasteiger partial charge in [-0.15, -0.1) is 6.42 Å².